The first-order valence-electron chi connectivity index (χ1n) is 6.77. The van der Waals surface area contributed by atoms with Gasteiger partial charge in [0.2, 0.25) is 0 Å². The molecule has 0 amide bonds. The summed E-state index contributed by atoms with van der Waals surface area (Å²) in [5.41, 5.74) is 0.876. The van der Waals surface area contributed by atoms with E-state index >= 15 is 0 Å². The molecule has 0 aliphatic heterocycles. The molecular formula is C14H18N4S. The molecule has 2 aromatic rings. The minimum Gasteiger partial charge on any atom is -0.295 e. The van der Waals surface area contributed by atoms with E-state index < -0.39 is 0 Å². The van der Waals surface area contributed by atoms with Crippen molar-refractivity contribution in [1.29, 1.82) is 0 Å². The van der Waals surface area contributed by atoms with Crippen molar-refractivity contribution in [2.75, 3.05) is 0 Å². The first kappa shape index (κ1) is 12.5. The van der Waals surface area contributed by atoms with Crippen molar-refractivity contribution < 1.29 is 0 Å². The Morgan fingerprint density at radius 2 is 2.16 bits per heavy atom. The molecule has 2 heterocycles. The number of rotatable bonds is 2. The van der Waals surface area contributed by atoms with Crippen LogP contribution in [0.2, 0.25) is 0 Å². The summed E-state index contributed by atoms with van der Waals surface area (Å²) in [5.74, 6) is 2.21. The maximum atomic E-state index is 5.42. The Morgan fingerprint density at radius 1 is 1.32 bits per heavy atom. The van der Waals surface area contributed by atoms with Gasteiger partial charge in [0.05, 0.1) is 0 Å². The predicted molar refractivity (Wildman–Crippen MR) is 77.2 cm³/mol. The third kappa shape index (κ3) is 2.12. The molecule has 1 aliphatic rings. The van der Waals surface area contributed by atoms with Crippen LogP contribution in [0.3, 0.4) is 0 Å². The maximum Gasteiger partial charge on any atom is 0.195 e. The van der Waals surface area contributed by atoms with Crippen molar-refractivity contribution in [3.63, 3.8) is 0 Å². The first-order chi connectivity index (χ1) is 9.18. The summed E-state index contributed by atoms with van der Waals surface area (Å²) in [7, 11) is 0. The number of hydrogen-bond acceptors (Lipinski definition) is 3. The number of H-pyrrole nitrogens is 1. The Bertz CT molecular complexity index is 616. The summed E-state index contributed by atoms with van der Waals surface area (Å²) >= 11 is 5.42. The van der Waals surface area contributed by atoms with Crippen LogP contribution >= 0.6 is 12.2 Å². The third-order valence-electron chi connectivity index (χ3n) is 4.35. The van der Waals surface area contributed by atoms with Crippen LogP contribution in [0.15, 0.2) is 24.4 Å². The van der Waals surface area contributed by atoms with Gasteiger partial charge in [-0.25, -0.2) is 0 Å². The normalized spacial score (nSPS) is 26.7. The molecule has 2 aromatic heterocycles. The summed E-state index contributed by atoms with van der Waals surface area (Å²) in [4.78, 5) is 4.39. The van der Waals surface area contributed by atoms with Gasteiger partial charge in [-0.2, -0.15) is 5.10 Å². The van der Waals surface area contributed by atoms with Gasteiger partial charge in [0.25, 0.3) is 0 Å². The quantitative estimate of drug-likeness (QED) is 0.851. The zero-order valence-corrected chi connectivity index (χ0v) is 12.0. The number of aromatic amines is 1. The molecule has 3 unspecified atom stereocenters. The van der Waals surface area contributed by atoms with Crippen LogP contribution in [0.5, 0.6) is 0 Å². The average Bonchev–Trinajstić information content (AvgIpc) is 2.95. The summed E-state index contributed by atoms with van der Waals surface area (Å²) in [6.45, 7) is 4.62. The summed E-state index contributed by atoms with van der Waals surface area (Å²) < 4.78 is 2.86. The average molecular weight is 274 g/mol. The topological polar surface area (TPSA) is 46.5 Å². The van der Waals surface area contributed by atoms with Gasteiger partial charge in [0, 0.05) is 12.2 Å². The fourth-order valence-corrected chi connectivity index (χ4v) is 3.26. The molecule has 3 rings (SSSR count). The minimum absolute atomic E-state index is 0.429. The van der Waals surface area contributed by atoms with Crippen molar-refractivity contribution in [3.8, 4) is 11.5 Å². The molecule has 0 saturated heterocycles. The highest BCUT2D eigenvalue weighted by atomic mass is 32.1. The Labute approximate surface area is 117 Å². The lowest BCUT2D eigenvalue weighted by Crippen LogP contribution is -2.16. The van der Waals surface area contributed by atoms with E-state index in [2.05, 4.69) is 33.6 Å². The molecule has 1 saturated carbocycles. The summed E-state index contributed by atoms with van der Waals surface area (Å²) in [6.07, 6.45) is 4.20. The molecule has 100 valence electrons. The molecule has 1 aliphatic carbocycles. The highest BCUT2D eigenvalue weighted by Crippen LogP contribution is 2.41. The second kappa shape index (κ2) is 4.89. The van der Waals surface area contributed by atoms with Gasteiger partial charge in [-0.1, -0.05) is 19.9 Å². The number of pyridine rings is 1. The second-order valence-electron chi connectivity index (χ2n) is 5.42. The predicted octanol–water partition coefficient (Wildman–Crippen LogP) is 3.61. The molecule has 0 bridgehead atoms. The van der Waals surface area contributed by atoms with E-state index in [9.17, 15) is 0 Å². The van der Waals surface area contributed by atoms with Gasteiger partial charge < -0.3 is 0 Å². The van der Waals surface area contributed by atoms with Gasteiger partial charge in [-0.3, -0.25) is 14.6 Å². The molecular weight excluding hydrogens is 256 g/mol. The Kier molecular flexibility index (Phi) is 3.22. The van der Waals surface area contributed by atoms with Crippen LogP contribution in [0.25, 0.3) is 11.5 Å². The van der Waals surface area contributed by atoms with Crippen LogP contribution in [-0.2, 0) is 0 Å². The zero-order chi connectivity index (χ0) is 13.4. The fraction of sp³-hybridized carbons (Fsp3) is 0.500. The lowest BCUT2D eigenvalue weighted by Gasteiger charge is -2.20. The van der Waals surface area contributed by atoms with Crippen molar-refractivity contribution in [3.05, 3.63) is 29.2 Å². The smallest absolute Gasteiger partial charge is 0.195 e. The SMILES string of the molecule is CC1CCC(n2c(-c3ccccn3)n[nH]c2=S)C1C. The molecule has 5 heteroatoms. The molecule has 0 spiro atoms. The summed E-state index contributed by atoms with van der Waals surface area (Å²) in [6, 6.07) is 6.29. The number of hydrogen-bond donors (Lipinski definition) is 1. The fourth-order valence-electron chi connectivity index (χ4n) is 2.99. The van der Waals surface area contributed by atoms with Crippen molar-refractivity contribution in [2.45, 2.75) is 32.7 Å². The van der Waals surface area contributed by atoms with E-state index in [0.717, 1.165) is 23.9 Å². The van der Waals surface area contributed by atoms with E-state index in [0.29, 0.717) is 16.7 Å². The van der Waals surface area contributed by atoms with Crippen molar-refractivity contribution >= 4 is 12.2 Å². The van der Waals surface area contributed by atoms with Crippen LogP contribution < -0.4 is 0 Å². The monoisotopic (exact) mass is 274 g/mol. The van der Waals surface area contributed by atoms with Gasteiger partial charge in [0.1, 0.15) is 5.69 Å². The highest BCUT2D eigenvalue weighted by Gasteiger charge is 2.33. The Balaban J connectivity index is 2.08. The van der Waals surface area contributed by atoms with Crippen molar-refractivity contribution in [1.82, 2.24) is 19.7 Å². The van der Waals surface area contributed by atoms with Crippen LogP contribution in [0.4, 0.5) is 0 Å². The van der Waals surface area contributed by atoms with Gasteiger partial charge in [-0.15, -0.1) is 0 Å². The number of nitrogens with zero attached hydrogens (tertiary/aromatic N) is 3. The van der Waals surface area contributed by atoms with E-state index in [1.54, 1.807) is 6.20 Å². The van der Waals surface area contributed by atoms with E-state index in [1.165, 1.54) is 6.42 Å². The van der Waals surface area contributed by atoms with Crippen LogP contribution in [0.1, 0.15) is 32.7 Å². The zero-order valence-electron chi connectivity index (χ0n) is 11.2. The van der Waals surface area contributed by atoms with Gasteiger partial charge in [0.15, 0.2) is 10.6 Å². The lowest BCUT2D eigenvalue weighted by molar-refractivity contribution is 0.352. The summed E-state index contributed by atoms with van der Waals surface area (Å²) in [5, 5.41) is 7.30. The van der Waals surface area contributed by atoms with E-state index in [4.69, 9.17) is 12.2 Å². The Hall–Kier alpha value is -1.49. The lowest BCUT2D eigenvalue weighted by atomic mass is 9.97. The van der Waals surface area contributed by atoms with Crippen LogP contribution in [0, 0.1) is 16.6 Å². The van der Waals surface area contributed by atoms with Crippen LogP contribution in [-0.4, -0.2) is 19.7 Å². The standard InChI is InChI=1S/C14H18N4S/c1-9-6-7-12(10(9)2)18-13(16-17-14(18)19)11-5-3-4-8-15-11/h3-5,8-10,12H,6-7H2,1-2H3,(H,17,19). The Morgan fingerprint density at radius 3 is 2.79 bits per heavy atom. The molecule has 3 atom stereocenters. The molecule has 1 fully saturated rings. The molecule has 4 nitrogen and oxygen atoms in total. The highest BCUT2D eigenvalue weighted by molar-refractivity contribution is 7.71. The molecule has 0 aromatic carbocycles. The van der Waals surface area contributed by atoms with E-state index in [1.807, 2.05) is 18.2 Å². The molecule has 19 heavy (non-hydrogen) atoms. The first-order valence-corrected chi connectivity index (χ1v) is 7.17. The third-order valence-corrected chi connectivity index (χ3v) is 4.64. The molecule has 0 radical (unpaired) electrons. The van der Waals surface area contributed by atoms with Gasteiger partial charge in [-0.05, 0) is 49.0 Å². The molecule has 1 N–H and O–H groups in total. The van der Waals surface area contributed by atoms with E-state index in [-0.39, 0.29) is 0 Å². The largest absolute Gasteiger partial charge is 0.295 e. The maximum absolute atomic E-state index is 5.42. The number of nitrogens with one attached hydrogen (secondary N) is 1. The van der Waals surface area contributed by atoms with Gasteiger partial charge >= 0.3 is 0 Å². The minimum atomic E-state index is 0.429. The second-order valence-corrected chi connectivity index (χ2v) is 5.81. The number of aromatic nitrogens is 4. The van der Waals surface area contributed by atoms with Crippen molar-refractivity contribution in [2.24, 2.45) is 11.8 Å².